The Balaban J connectivity index is 2.69. The van der Waals surface area contributed by atoms with Crippen LogP contribution in [0.5, 0.6) is 0 Å². The highest BCUT2D eigenvalue weighted by molar-refractivity contribution is 9.10. The van der Waals surface area contributed by atoms with E-state index in [0.717, 1.165) is 15.4 Å². The number of benzene rings is 1. The third kappa shape index (κ3) is 2.18. The zero-order valence-electron chi connectivity index (χ0n) is 10.0. The first-order valence-corrected chi connectivity index (χ1v) is 6.33. The summed E-state index contributed by atoms with van der Waals surface area (Å²) in [5.41, 5.74) is 1.34. The van der Waals surface area contributed by atoms with Gasteiger partial charge in [-0.25, -0.2) is 4.79 Å². The number of carbonyl (C=O) groups is 2. The second kappa shape index (κ2) is 4.94. The minimum absolute atomic E-state index is 0.164. The van der Waals surface area contributed by atoms with Gasteiger partial charge in [0.2, 0.25) is 0 Å². The van der Waals surface area contributed by atoms with Gasteiger partial charge < -0.3 is 9.72 Å². The van der Waals surface area contributed by atoms with E-state index in [0.29, 0.717) is 5.56 Å². The van der Waals surface area contributed by atoms with E-state index >= 15 is 0 Å². The first-order valence-electron chi connectivity index (χ1n) is 5.54. The lowest BCUT2D eigenvalue weighted by Gasteiger charge is -2.01. The molecular formula is C13H12BrNO3. The maximum Gasteiger partial charge on any atom is 0.355 e. The molecule has 18 heavy (non-hydrogen) atoms. The van der Waals surface area contributed by atoms with Crippen molar-refractivity contribution in [2.24, 2.45) is 0 Å². The number of ketones is 1. The van der Waals surface area contributed by atoms with Crippen LogP contribution in [0.25, 0.3) is 10.9 Å². The maximum absolute atomic E-state index is 11.8. The molecule has 0 saturated carbocycles. The maximum atomic E-state index is 11.8. The molecule has 0 aliphatic heterocycles. The molecule has 2 aromatic rings. The molecule has 0 unspecified atom stereocenters. The second-order valence-corrected chi connectivity index (χ2v) is 4.76. The molecule has 0 saturated heterocycles. The lowest BCUT2D eigenvalue weighted by atomic mass is 10.1. The average molecular weight is 310 g/mol. The number of Topliss-reactive ketones (excluding diaryl/α,β-unsaturated/α-hetero) is 1. The zero-order chi connectivity index (χ0) is 13.3. The van der Waals surface area contributed by atoms with Gasteiger partial charge in [0.15, 0.2) is 5.78 Å². The zero-order valence-corrected chi connectivity index (χ0v) is 11.6. The van der Waals surface area contributed by atoms with Crippen LogP contribution in [-0.4, -0.2) is 23.3 Å². The van der Waals surface area contributed by atoms with Crippen molar-refractivity contribution < 1.29 is 14.3 Å². The summed E-state index contributed by atoms with van der Waals surface area (Å²) < 4.78 is 5.80. The van der Waals surface area contributed by atoms with Crippen molar-refractivity contribution in [3.63, 3.8) is 0 Å². The molecule has 1 aromatic carbocycles. The average Bonchev–Trinajstić information content (AvgIpc) is 2.67. The Kier molecular flexibility index (Phi) is 3.52. The number of H-pyrrole nitrogens is 1. The molecule has 0 atom stereocenters. The van der Waals surface area contributed by atoms with Gasteiger partial charge in [-0.1, -0.05) is 15.9 Å². The number of aromatic nitrogens is 1. The van der Waals surface area contributed by atoms with Gasteiger partial charge >= 0.3 is 5.97 Å². The Hall–Kier alpha value is -1.62. The predicted molar refractivity (Wildman–Crippen MR) is 72.0 cm³/mol. The second-order valence-electron chi connectivity index (χ2n) is 3.84. The molecule has 1 heterocycles. The largest absolute Gasteiger partial charge is 0.461 e. The molecule has 0 bridgehead atoms. The number of nitrogens with one attached hydrogen (secondary N) is 1. The minimum atomic E-state index is -0.505. The van der Waals surface area contributed by atoms with Crippen molar-refractivity contribution in [3.05, 3.63) is 33.9 Å². The van der Waals surface area contributed by atoms with Gasteiger partial charge in [-0.05, 0) is 32.0 Å². The van der Waals surface area contributed by atoms with Crippen molar-refractivity contribution in [2.75, 3.05) is 6.61 Å². The lowest BCUT2D eigenvalue weighted by Crippen LogP contribution is -2.09. The Labute approximate surface area is 112 Å². The van der Waals surface area contributed by atoms with Gasteiger partial charge in [-0.15, -0.1) is 0 Å². The first kappa shape index (κ1) is 12.8. The fourth-order valence-corrected chi connectivity index (χ4v) is 2.25. The fraction of sp³-hybridized carbons (Fsp3) is 0.231. The number of hydrogen-bond donors (Lipinski definition) is 1. The Morgan fingerprint density at radius 3 is 2.72 bits per heavy atom. The Bertz CT molecular complexity index is 630. The minimum Gasteiger partial charge on any atom is -0.461 e. The number of carbonyl (C=O) groups excluding carboxylic acids is 2. The quantitative estimate of drug-likeness (QED) is 0.699. The lowest BCUT2D eigenvalue weighted by molar-refractivity contribution is 0.0517. The van der Waals surface area contributed by atoms with E-state index < -0.39 is 5.97 Å². The van der Waals surface area contributed by atoms with E-state index in [1.807, 2.05) is 18.2 Å². The van der Waals surface area contributed by atoms with Gasteiger partial charge in [-0.2, -0.15) is 0 Å². The van der Waals surface area contributed by atoms with Gasteiger partial charge in [0.05, 0.1) is 12.2 Å². The highest BCUT2D eigenvalue weighted by atomic mass is 79.9. The van der Waals surface area contributed by atoms with E-state index in [1.54, 1.807) is 6.92 Å². The molecule has 1 aromatic heterocycles. The molecule has 2 rings (SSSR count). The molecule has 0 aliphatic rings. The summed E-state index contributed by atoms with van der Waals surface area (Å²) in [7, 11) is 0. The monoisotopic (exact) mass is 309 g/mol. The van der Waals surface area contributed by atoms with Gasteiger partial charge in [-0.3, -0.25) is 4.79 Å². The number of fused-ring (bicyclic) bond motifs is 1. The molecule has 4 nitrogen and oxygen atoms in total. The third-order valence-electron chi connectivity index (χ3n) is 2.59. The Morgan fingerprint density at radius 2 is 2.11 bits per heavy atom. The molecule has 0 aliphatic carbocycles. The van der Waals surface area contributed by atoms with Crippen LogP contribution < -0.4 is 0 Å². The van der Waals surface area contributed by atoms with E-state index in [1.165, 1.54) is 6.92 Å². The number of aromatic amines is 1. The van der Waals surface area contributed by atoms with Crippen LogP contribution in [0, 0.1) is 0 Å². The SMILES string of the molecule is CCOC(=O)c1[nH]c2ccc(Br)cc2c1C(C)=O. The van der Waals surface area contributed by atoms with Gasteiger partial charge in [0.25, 0.3) is 0 Å². The third-order valence-corrected chi connectivity index (χ3v) is 3.09. The number of rotatable bonds is 3. The van der Waals surface area contributed by atoms with Crippen molar-refractivity contribution in [1.82, 2.24) is 4.98 Å². The molecule has 5 heteroatoms. The van der Waals surface area contributed by atoms with Crippen molar-refractivity contribution in [2.45, 2.75) is 13.8 Å². The summed E-state index contributed by atoms with van der Waals surface area (Å²) >= 11 is 3.35. The molecule has 0 fully saturated rings. The molecule has 0 amide bonds. The topological polar surface area (TPSA) is 59.2 Å². The molecule has 94 valence electrons. The summed E-state index contributed by atoms with van der Waals surface area (Å²) in [6.07, 6.45) is 0. The first-order chi connectivity index (χ1) is 8.54. The van der Waals surface area contributed by atoms with Crippen LogP contribution >= 0.6 is 15.9 Å². The van der Waals surface area contributed by atoms with Crippen LogP contribution in [-0.2, 0) is 4.74 Å². The van der Waals surface area contributed by atoms with Crippen LogP contribution in [0.15, 0.2) is 22.7 Å². The predicted octanol–water partition coefficient (Wildman–Crippen LogP) is 3.31. The van der Waals surface area contributed by atoms with Crippen LogP contribution in [0.4, 0.5) is 0 Å². The van der Waals surface area contributed by atoms with Crippen molar-refractivity contribution in [3.8, 4) is 0 Å². The number of esters is 1. The summed E-state index contributed by atoms with van der Waals surface area (Å²) in [4.78, 5) is 26.5. The van der Waals surface area contributed by atoms with Gasteiger partial charge in [0.1, 0.15) is 5.69 Å². The summed E-state index contributed by atoms with van der Waals surface area (Å²) in [6.45, 7) is 3.44. The smallest absolute Gasteiger partial charge is 0.355 e. The van der Waals surface area contributed by atoms with E-state index in [-0.39, 0.29) is 18.1 Å². The highest BCUT2D eigenvalue weighted by Gasteiger charge is 2.21. The van der Waals surface area contributed by atoms with Crippen LogP contribution in [0.2, 0.25) is 0 Å². The molecule has 1 N–H and O–H groups in total. The van der Waals surface area contributed by atoms with Gasteiger partial charge in [0, 0.05) is 15.4 Å². The number of halogens is 1. The van der Waals surface area contributed by atoms with Crippen molar-refractivity contribution in [1.29, 1.82) is 0 Å². The molecule has 0 spiro atoms. The van der Waals surface area contributed by atoms with E-state index in [9.17, 15) is 9.59 Å². The molecular weight excluding hydrogens is 298 g/mol. The Morgan fingerprint density at radius 1 is 1.39 bits per heavy atom. The van der Waals surface area contributed by atoms with Crippen LogP contribution in [0.3, 0.4) is 0 Å². The number of hydrogen-bond acceptors (Lipinski definition) is 3. The van der Waals surface area contributed by atoms with E-state index in [2.05, 4.69) is 20.9 Å². The highest BCUT2D eigenvalue weighted by Crippen LogP contribution is 2.26. The summed E-state index contributed by atoms with van der Waals surface area (Å²) in [6, 6.07) is 5.47. The fourth-order valence-electron chi connectivity index (χ4n) is 1.89. The summed E-state index contributed by atoms with van der Waals surface area (Å²) in [5, 5.41) is 0.722. The standard InChI is InChI=1S/C13H12BrNO3/c1-3-18-13(17)12-11(7(2)16)9-6-8(14)4-5-10(9)15-12/h4-6,15H,3H2,1-2H3. The number of ether oxygens (including phenoxy) is 1. The van der Waals surface area contributed by atoms with E-state index in [4.69, 9.17) is 4.74 Å². The molecule has 0 radical (unpaired) electrons. The normalized spacial score (nSPS) is 10.6. The van der Waals surface area contributed by atoms with Crippen LogP contribution in [0.1, 0.15) is 34.7 Å². The van der Waals surface area contributed by atoms with Crippen molar-refractivity contribution >= 4 is 38.6 Å². The summed E-state index contributed by atoms with van der Waals surface area (Å²) in [5.74, 6) is -0.669.